The van der Waals surface area contributed by atoms with E-state index in [-0.39, 0.29) is 6.15 Å². The maximum absolute atomic E-state index is 5.38. The van der Waals surface area contributed by atoms with Crippen LogP contribution >= 0.6 is 0 Å². The SMILES string of the molecule is CC[N+](C)(C)CCCN.N. The van der Waals surface area contributed by atoms with Gasteiger partial charge in [0.25, 0.3) is 0 Å². The van der Waals surface area contributed by atoms with Crippen LogP contribution in [0.5, 0.6) is 0 Å². The van der Waals surface area contributed by atoms with E-state index in [1.165, 1.54) is 13.1 Å². The second-order valence-electron chi connectivity index (χ2n) is 3.12. The van der Waals surface area contributed by atoms with E-state index in [2.05, 4.69) is 21.0 Å². The summed E-state index contributed by atoms with van der Waals surface area (Å²) in [6.45, 7) is 5.42. The molecule has 0 aromatic heterocycles. The predicted octanol–water partition coefficient (Wildman–Crippen LogP) is 0.594. The minimum absolute atomic E-state index is 0. The summed E-state index contributed by atoms with van der Waals surface area (Å²) in [5.41, 5.74) is 5.38. The van der Waals surface area contributed by atoms with E-state index < -0.39 is 0 Å². The summed E-state index contributed by atoms with van der Waals surface area (Å²) in [6.07, 6.45) is 1.14. The number of hydrogen-bond donors (Lipinski definition) is 2. The van der Waals surface area contributed by atoms with E-state index in [9.17, 15) is 0 Å². The summed E-state index contributed by atoms with van der Waals surface area (Å²) in [6, 6.07) is 0. The van der Waals surface area contributed by atoms with Crippen molar-refractivity contribution in [3.8, 4) is 0 Å². The Hall–Kier alpha value is -0.120. The Labute approximate surface area is 64.4 Å². The molecule has 0 aliphatic rings. The lowest BCUT2D eigenvalue weighted by Gasteiger charge is -2.27. The van der Waals surface area contributed by atoms with Gasteiger partial charge in [-0.2, -0.15) is 0 Å². The summed E-state index contributed by atoms with van der Waals surface area (Å²) < 4.78 is 1.09. The number of nitrogens with two attached hydrogens (primary N) is 1. The molecule has 0 aromatic rings. The molecule has 64 valence electrons. The normalized spacial score (nSPS) is 10.8. The van der Waals surface area contributed by atoms with Gasteiger partial charge in [-0.3, -0.25) is 0 Å². The fourth-order valence-electron chi connectivity index (χ4n) is 0.677. The van der Waals surface area contributed by atoms with Crippen molar-refractivity contribution < 1.29 is 4.48 Å². The maximum Gasteiger partial charge on any atom is 0.0794 e. The number of nitrogens with zero attached hydrogens (tertiary/aromatic N) is 1. The Morgan fingerprint density at radius 1 is 1.30 bits per heavy atom. The molecule has 0 spiro atoms. The molecule has 0 heterocycles. The Bertz CT molecular complexity index is 71.3. The van der Waals surface area contributed by atoms with Gasteiger partial charge in [-0.15, -0.1) is 0 Å². The minimum Gasteiger partial charge on any atom is -0.344 e. The summed E-state index contributed by atoms with van der Waals surface area (Å²) in [4.78, 5) is 0. The second kappa shape index (κ2) is 5.65. The molecule has 0 bridgehead atoms. The van der Waals surface area contributed by atoms with Crippen molar-refractivity contribution in [3.63, 3.8) is 0 Å². The van der Waals surface area contributed by atoms with E-state index in [1.54, 1.807) is 0 Å². The van der Waals surface area contributed by atoms with Crippen molar-refractivity contribution in [2.45, 2.75) is 13.3 Å². The highest BCUT2D eigenvalue weighted by molar-refractivity contribution is 4.35. The van der Waals surface area contributed by atoms with Crippen molar-refractivity contribution in [1.82, 2.24) is 6.15 Å². The maximum atomic E-state index is 5.38. The van der Waals surface area contributed by atoms with Gasteiger partial charge in [-0.1, -0.05) is 0 Å². The fraction of sp³-hybridized carbons (Fsp3) is 1.00. The highest BCUT2D eigenvalue weighted by atomic mass is 15.3. The third kappa shape index (κ3) is 6.01. The van der Waals surface area contributed by atoms with Crippen molar-refractivity contribution >= 4 is 0 Å². The Kier molecular flexibility index (Phi) is 7.09. The zero-order valence-corrected chi connectivity index (χ0v) is 7.56. The molecule has 5 N–H and O–H groups in total. The molecule has 0 unspecified atom stereocenters. The van der Waals surface area contributed by atoms with Crippen LogP contribution in [-0.2, 0) is 0 Å². The van der Waals surface area contributed by atoms with Crippen molar-refractivity contribution in [2.75, 3.05) is 33.7 Å². The molecule has 3 heteroatoms. The zero-order valence-electron chi connectivity index (χ0n) is 7.56. The lowest BCUT2D eigenvalue weighted by molar-refractivity contribution is -0.888. The Morgan fingerprint density at radius 3 is 2.10 bits per heavy atom. The lowest BCUT2D eigenvalue weighted by Crippen LogP contribution is -2.40. The van der Waals surface area contributed by atoms with Gasteiger partial charge in [0.15, 0.2) is 0 Å². The van der Waals surface area contributed by atoms with Crippen LogP contribution in [0.15, 0.2) is 0 Å². The van der Waals surface area contributed by atoms with Gasteiger partial charge in [0.2, 0.25) is 0 Å². The molecule has 0 saturated heterocycles. The third-order valence-electron chi connectivity index (χ3n) is 1.82. The van der Waals surface area contributed by atoms with E-state index in [1.807, 2.05) is 0 Å². The standard InChI is InChI=1S/C7H19N2.H3N/c1-4-9(2,3)7-5-6-8;/h4-8H2,1-3H3;1H3/q+1;. The molecule has 0 aliphatic carbocycles. The first-order chi connectivity index (χ1) is 4.12. The molecule has 0 fully saturated rings. The van der Waals surface area contributed by atoms with Crippen molar-refractivity contribution in [1.29, 1.82) is 0 Å². The first kappa shape index (κ1) is 12.5. The molecule has 0 saturated carbocycles. The van der Waals surface area contributed by atoms with Gasteiger partial charge in [-0.25, -0.2) is 0 Å². The van der Waals surface area contributed by atoms with Gasteiger partial charge >= 0.3 is 0 Å². The molecule has 0 aliphatic heterocycles. The smallest absolute Gasteiger partial charge is 0.0794 e. The van der Waals surface area contributed by atoms with Crippen LogP contribution in [0, 0.1) is 0 Å². The molecule has 0 amide bonds. The van der Waals surface area contributed by atoms with Crippen molar-refractivity contribution in [2.24, 2.45) is 5.73 Å². The summed E-state index contributed by atoms with van der Waals surface area (Å²) in [5.74, 6) is 0. The summed E-state index contributed by atoms with van der Waals surface area (Å²) >= 11 is 0. The topological polar surface area (TPSA) is 61.0 Å². The second-order valence-corrected chi connectivity index (χ2v) is 3.12. The van der Waals surface area contributed by atoms with Crippen LogP contribution in [0.4, 0.5) is 0 Å². The van der Waals surface area contributed by atoms with Crippen LogP contribution in [0.1, 0.15) is 13.3 Å². The first-order valence-electron chi connectivity index (χ1n) is 3.64. The Morgan fingerprint density at radius 2 is 1.80 bits per heavy atom. The molecule has 0 radical (unpaired) electrons. The first-order valence-corrected chi connectivity index (χ1v) is 3.64. The van der Waals surface area contributed by atoms with E-state index >= 15 is 0 Å². The molecule has 0 atom stereocenters. The van der Waals surface area contributed by atoms with Crippen LogP contribution in [0.3, 0.4) is 0 Å². The lowest BCUT2D eigenvalue weighted by atomic mass is 10.3. The van der Waals surface area contributed by atoms with E-state index in [0.717, 1.165) is 17.4 Å². The third-order valence-corrected chi connectivity index (χ3v) is 1.82. The zero-order chi connectivity index (χ0) is 7.33. The largest absolute Gasteiger partial charge is 0.344 e. The minimum atomic E-state index is 0. The van der Waals surface area contributed by atoms with Crippen LogP contribution < -0.4 is 11.9 Å². The van der Waals surface area contributed by atoms with Crippen LogP contribution in [-0.4, -0.2) is 38.2 Å². The van der Waals surface area contributed by atoms with Gasteiger partial charge in [-0.05, 0) is 13.5 Å². The summed E-state index contributed by atoms with van der Waals surface area (Å²) in [5, 5.41) is 0. The summed E-state index contributed by atoms with van der Waals surface area (Å²) in [7, 11) is 4.46. The molecule has 10 heavy (non-hydrogen) atoms. The van der Waals surface area contributed by atoms with Gasteiger partial charge < -0.3 is 16.4 Å². The van der Waals surface area contributed by atoms with Gasteiger partial charge in [0, 0.05) is 6.42 Å². The number of quaternary nitrogens is 1. The Balaban J connectivity index is 0. The van der Waals surface area contributed by atoms with Crippen molar-refractivity contribution in [3.05, 3.63) is 0 Å². The molecule has 0 rings (SSSR count). The monoisotopic (exact) mass is 148 g/mol. The quantitative estimate of drug-likeness (QED) is 0.573. The van der Waals surface area contributed by atoms with Gasteiger partial charge in [0.05, 0.1) is 27.2 Å². The van der Waals surface area contributed by atoms with Gasteiger partial charge in [0.1, 0.15) is 0 Å². The highest BCUT2D eigenvalue weighted by Gasteiger charge is 2.08. The van der Waals surface area contributed by atoms with Crippen LogP contribution in [0.2, 0.25) is 0 Å². The predicted molar refractivity (Wildman–Crippen MR) is 46.2 cm³/mol. The molecule has 0 aromatic carbocycles. The molecule has 3 nitrogen and oxygen atoms in total. The fourth-order valence-corrected chi connectivity index (χ4v) is 0.677. The van der Waals surface area contributed by atoms with Crippen LogP contribution in [0.25, 0.3) is 0 Å². The highest BCUT2D eigenvalue weighted by Crippen LogP contribution is 1.95. The average molecular weight is 148 g/mol. The van der Waals surface area contributed by atoms with E-state index in [0.29, 0.717) is 0 Å². The molecular weight excluding hydrogens is 126 g/mol. The van der Waals surface area contributed by atoms with E-state index in [4.69, 9.17) is 5.73 Å². The number of hydrogen-bond acceptors (Lipinski definition) is 2. The average Bonchev–Trinajstić information content (AvgIpc) is 1.84. The number of rotatable bonds is 4. The molecular formula is C7H22N3+.